The summed E-state index contributed by atoms with van der Waals surface area (Å²) in [6.07, 6.45) is 2.33. The Balaban J connectivity index is 4.75. The fraction of sp³-hybridized carbons (Fsp3) is 0.857. The lowest BCUT2D eigenvalue weighted by Crippen LogP contribution is -2.44. The molecule has 3 unspecified atom stereocenters. The maximum Gasteiger partial charge on any atom is 0.0128 e. The van der Waals surface area contributed by atoms with E-state index in [-0.39, 0.29) is 5.54 Å². The standard InChI is InChI=1S/C14H28NP/c1-7-10(2)13(14(5,6)15)8-11(3)12(4)9-16/h10-11,13,16H,7-8,15H2,1-6H3. The minimum atomic E-state index is -0.101. The highest BCUT2D eigenvalue weighted by Gasteiger charge is 2.30. The van der Waals surface area contributed by atoms with Gasteiger partial charge < -0.3 is 5.73 Å². The number of hydrogen-bond acceptors (Lipinski definition) is 1. The summed E-state index contributed by atoms with van der Waals surface area (Å²) in [6.45, 7) is 13.2. The van der Waals surface area contributed by atoms with Gasteiger partial charge in [-0.05, 0) is 50.5 Å². The van der Waals surface area contributed by atoms with Gasteiger partial charge in [-0.3, -0.25) is 0 Å². The third-order valence-corrected chi connectivity index (χ3v) is 4.22. The van der Waals surface area contributed by atoms with Crippen molar-refractivity contribution in [2.45, 2.75) is 59.9 Å². The van der Waals surface area contributed by atoms with Crippen LogP contribution in [0.5, 0.6) is 0 Å². The van der Waals surface area contributed by atoms with Crippen molar-refractivity contribution in [1.29, 1.82) is 0 Å². The van der Waals surface area contributed by atoms with E-state index in [1.165, 1.54) is 12.0 Å². The minimum Gasteiger partial charge on any atom is -0.325 e. The molecule has 3 atom stereocenters. The zero-order valence-corrected chi connectivity index (χ0v) is 12.7. The molecule has 0 rings (SSSR count). The molecular weight excluding hydrogens is 213 g/mol. The van der Waals surface area contributed by atoms with Gasteiger partial charge in [-0.25, -0.2) is 0 Å². The first-order valence-electron chi connectivity index (χ1n) is 6.29. The number of hydrogen-bond donors (Lipinski definition) is 1. The second-order valence-corrected chi connectivity index (χ2v) is 6.01. The largest absolute Gasteiger partial charge is 0.325 e. The smallest absolute Gasteiger partial charge is 0.0128 e. The summed E-state index contributed by atoms with van der Waals surface area (Å²) in [6, 6.07) is 0. The van der Waals surface area contributed by atoms with E-state index < -0.39 is 0 Å². The molecule has 0 aromatic heterocycles. The van der Waals surface area contributed by atoms with Gasteiger partial charge in [0.15, 0.2) is 0 Å². The van der Waals surface area contributed by atoms with Gasteiger partial charge in [0, 0.05) is 5.54 Å². The van der Waals surface area contributed by atoms with E-state index in [9.17, 15) is 0 Å². The molecular formula is C14H28NP. The molecule has 0 fully saturated rings. The molecule has 0 aliphatic heterocycles. The van der Waals surface area contributed by atoms with Crippen molar-refractivity contribution >= 4 is 14.3 Å². The van der Waals surface area contributed by atoms with Gasteiger partial charge in [0.25, 0.3) is 0 Å². The van der Waals surface area contributed by atoms with Gasteiger partial charge in [-0.1, -0.05) is 41.5 Å². The Morgan fingerprint density at radius 3 is 2.19 bits per heavy atom. The third kappa shape index (κ3) is 4.83. The summed E-state index contributed by atoms with van der Waals surface area (Å²) in [4.78, 5) is 0. The van der Waals surface area contributed by atoms with Crippen molar-refractivity contribution in [2.24, 2.45) is 23.5 Å². The van der Waals surface area contributed by atoms with Crippen LogP contribution >= 0.6 is 8.86 Å². The van der Waals surface area contributed by atoms with E-state index in [0.717, 1.165) is 6.42 Å². The van der Waals surface area contributed by atoms with E-state index in [0.29, 0.717) is 17.8 Å². The first-order chi connectivity index (χ1) is 7.23. The van der Waals surface area contributed by atoms with Gasteiger partial charge in [0.2, 0.25) is 0 Å². The van der Waals surface area contributed by atoms with Crippen molar-refractivity contribution in [3.63, 3.8) is 0 Å². The first kappa shape index (κ1) is 15.9. The second kappa shape index (κ2) is 6.60. The van der Waals surface area contributed by atoms with E-state index in [1.807, 2.05) is 0 Å². The molecule has 0 heterocycles. The second-order valence-electron chi connectivity index (χ2n) is 5.76. The lowest BCUT2D eigenvalue weighted by Gasteiger charge is -2.37. The molecule has 94 valence electrons. The van der Waals surface area contributed by atoms with Crippen molar-refractivity contribution in [3.8, 4) is 0 Å². The zero-order chi connectivity index (χ0) is 12.9. The SMILES string of the molecule is CCC(C)C(CC(C)C(C)=C=P)C(C)(C)N. The molecule has 0 aliphatic carbocycles. The van der Waals surface area contributed by atoms with Crippen molar-refractivity contribution < 1.29 is 0 Å². The van der Waals surface area contributed by atoms with Gasteiger partial charge in [-0.15, -0.1) is 0 Å². The Hall–Kier alpha value is -0.0900. The van der Waals surface area contributed by atoms with Gasteiger partial charge in [-0.2, -0.15) is 0 Å². The molecule has 0 saturated heterocycles. The average Bonchev–Trinajstić information content (AvgIpc) is 2.21. The van der Waals surface area contributed by atoms with Crippen molar-refractivity contribution in [2.75, 3.05) is 0 Å². The normalized spacial score (nSPS) is 17.4. The van der Waals surface area contributed by atoms with Crippen LogP contribution < -0.4 is 5.73 Å². The molecule has 0 saturated carbocycles. The summed E-state index contributed by atoms with van der Waals surface area (Å²) in [5, 5.41) is 0. The molecule has 1 nitrogen and oxygen atoms in total. The summed E-state index contributed by atoms with van der Waals surface area (Å²) in [5.74, 6) is 1.77. The summed E-state index contributed by atoms with van der Waals surface area (Å²) >= 11 is 0. The van der Waals surface area contributed by atoms with E-state index in [1.54, 1.807) is 0 Å². The molecule has 16 heavy (non-hydrogen) atoms. The van der Waals surface area contributed by atoms with E-state index >= 15 is 0 Å². The number of allylic oxidation sites excluding steroid dienone is 1. The molecule has 0 bridgehead atoms. The van der Waals surface area contributed by atoms with Crippen LogP contribution in [-0.4, -0.2) is 11.0 Å². The molecule has 2 N–H and O–H groups in total. The van der Waals surface area contributed by atoms with E-state index in [2.05, 4.69) is 55.9 Å². The molecule has 2 heteroatoms. The predicted molar refractivity (Wildman–Crippen MR) is 77.5 cm³/mol. The number of nitrogens with two attached hydrogens (primary N) is 1. The maximum absolute atomic E-state index is 6.30. The van der Waals surface area contributed by atoms with Gasteiger partial charge in [0.05, 0.1) is 0 Å². The van der Waals surface area contributed by atoms with Crippen LogP contribution in [0.4, 0.5) is 0 Å². The van der Waals surface area contributed by atoms with Crippen molar-refractivity contribution in [3.05, 3.63) is 5.57 Å². The van der Waals surface area contributed by atoms with Crippen LogP contribution in [0.15, 0.2) is 5.57 Å². The fourth-order valence-corrected chi connectivity index (χ4v) is 2.48. The monoisotopic (exact) mass is 241 g/mol. The van der Waals surface area contributed by atoms with E-state index in [4.69, 9.17) is 5.73 Å². The molecule has 0 aromatic rings. The zero-order valence-electron chi connectivity index (χ0n) is 11.7. The highest BCUT2D eigenvalue weighted by atomic mass is 31.0. The minimum absolute atomic E-state index is 0.101. The predicted octanol–water partition coefficient (Wildman–Crippen LogP) is 3.90. The van der Waals surface area contributed by atoms with Crippen LogP contribution in [0, 0.1) is 17.8 Å². The third-order valence-electron chi connectivity index (χ3n) is 3.83. The lowest BCUT2D eigenvalue weighted by atomic mass is 9.72. The van der Waals surface area contributed by atoms with Crippen LogP contribution in [0.3, 0.4) is 0 Å². The summed E-state index contributed by atoms with van der Waals surface area (Å²) < 4.78 is 0. The first-order valence-corrected chi connectivity index (χ1v) is 6.79. The Labute approximate surface area is 104 Å². The Bertz CT molecular complexity index is 258. The molecule has 0 radical (unpaired) electrons. The average molecular weight is 241 g/mol. The lowest BCUT2D eigenvalue weighted by molar-refractivity contribution is 0.194. The van der Waals surface area contributed by atoms with Crippen molar-refractivity contribution in [1.82, 2.24) is 0 Å². The van der Waals surface area contributed by atoms with Crippen LogP contribution in [0.25, 0.3) is 0 Å². The Morgan fingerprint density at radius 1 is 1.38 bits per heavy atom. The van der Waals surface area contributed by atoms with Gasteiger partial charge in [0.1, 0.15) is 0 Å². The van der Waals surface area contributed by atoms with Crippen LogP contribution in [0.1, 0.15) is 54.4 Å². The summed E-state index contributed by atoms with van der Waals surface area (Å²) in [5.41, 5.74) is 10.5. The van der Waals surface area contributed by atoms with Gasteiger partial charge >= 0.3 is 0 Å². The highest BCUT2D eigenvalue weighted by molar-refractivity contribution is 7.17. The molecule has 0 spiro atoms. The molecule has 0 aliphatic rings. The van der Waals surface area contributed by atoms with Crippen LogP contribution in [0.2, 0.25) is 0 Å². The quantitative estimate of drug-likeness (QED) is 0.701. The maximum atomic E-state index is 6.30. The highest BCUT2D eigenvalue weighted by Crippen LogP contribution is 2.32. The summed E-state index contributed by atoms with van der Waals surface area (Å²) in [7, 11) is 3.34. The molecule has 0 aromatic carbocycles. The number of rotatable bonds is 6. The van der Waals surface area contributed by atoms with Crippen LogP contribution in [-0.2, 0) is 0 Å². The Morgan fingerprint density at radius 2 is 1.88 bits per heavy atom. The fourth-order valence-electron chi connectivity index (χ4n) is 2.23. The molecule has 0 amide bonds. The topological polar surface area (TPSA) is 26.0 Å². The Kier molecular flexibility index (Phi) is 6.56.